The van der Waals surface area contributed by atoms with Crippen LogP contribution in [0.1, 0.15) is 38.8 Å². The van der Waals surface area contributed by atoms with Crippen LogP contribution in [0.5, 0.6) is 17.2 Å². The number of ether oxygens (including phenoxy) is 3. The molecule has 2 N–H and O–H groups in total. The maximum Gasteiger partial charge on any atom is 0.257 e. The molecule has 1 aliphatic carbocycles. The van der Waals surface area contributed by atoms with Crippen molar-refractivity contribution in [2.24, 2.45) is 0 Å². The Morgan fingerprint density at radius 2 is 1.73 bits per heavy atom. The van der Waals surface area contributed by atoms with Crippen molar-refractivity contribution in [1.29, 1.82) is 0 Å². The first kappa shape index (κ1) is 22.6. The van der Waals surface area contributed by atoms with Gasteiger partial charge in [-0.2, -0.15) is 0 Å². The molecular weight excluding hydrogens is 442 g/mol. The Hall–Kier alpha value is -3.59. The number of thiazole rings is 1. The molecule has 1 unspecified atom stereocenters. The third-order valence-corrected chi connectivity index (χ3v) is 6.58. The van der Waals surface area contributed by atoms with Crippen molar-refractivity contribution < 1.29 is 23.8 Å². The molecule has 1 aromatic heterocycles. The first-order valence-electron chi connectivity index (χ1n) is 10.4. The quantitative estimate of drug-likeness (QED) is 0.535. The average molecular weight is 468 g/mol. The molecule has 0 radical (unpaired) electrons. The third kappa shape index (κ3) is 4.78. The van der Waals surface area contributed by atoms with Gasteiger partial charge < -0.3 is 19.5 Å². The van der Waals surface area contributed by atoms with E-state index in [4.69, 9.17) is 14.2 Å². The Bertz CT molecular complexity index is 1180. The van der Waals surface area contributed by atoms with Gasteiger partial charge in [0.05, 0.1) is 32.9 Å². The number of amides is 2. The number of aryl methyl sites for hydroxylation is 2. The van der Waals surface area contributed by atoms with Crippen LogP contribution in [0.2, 0.25) is 0 Å². The smallest absolute Gasteiger partial charge is 0.257 e. The topological polar surface area (TPSA) is 98.8 Å². The number of hydrogen-bond donors (Lipinski definition) is 2. The Balaban J connectivity index is 1.47. The molecule has 0 saturated carbocycles. The molecule has 0 fully saturated rings. The molecule has 4 rings (SSSR count). The fourth-order valence-electron chi connectivity index (χ4n) is 3.83. The second kappa shape index (κ2) is 9.50. The zero-order valence-electron chi connectivity index (χ0n) is 18.9. The van der Waals surface area contributed by atoms with Gasteiger partial charge in [0, 0.05) is 22.2 Å². The molecule has 1 aliphatic rings. The van der Waals surface area contributed by atoms with Crippen LogP contribution < -0.4 is 24.8 Å². The fourth-order valence-corrected chi connectivity index (χ4v) is 4.86. The van der Waals surface area contributed by atoms with E-state index in [0.717, 1.165) is 28.3 Å². The van der Waals surface area contributed by atoms with Gasteiger partial charge in [-0.1, -0.05) is 0 Å². The summed E-state index contributed by atoms with van der Waals surface area (Å²) in [5.41, 5.74) is 2.77. The molecule has 0 bridgehead atoms. The molecule has 0 saturated heterocycles. The van der Waals surface area contributed by atoms with E-state index < -0.39 is 0 Å². The highest BCUT2D eigenvalue weighted by Gasteiger charge is 2.33. The van der Waals surface area contributed by atoms with Crippen LogP contribution in [0, 0.1) is 6.92 Å². The maximum absolute atomic E-state index is 12.9. The summed E-state index contributed by atoms with van der Waals surface area (Å²) in [6, 6.07) is 10.5. The van der Waals surface area contributed by atoms with Gasteiger partial charge in [0.2, 0.25) is 5.91 Å². The zero-order valence-corrected chi connectivity index (χ0v) is 19.7. The van der Waals surface area contributed by atoms with E-state index in [0.29, 0.717) is 34.3 Å². The molecule has 2 aromatic carbocycles. The predicted molar refractivity (Wildman–Crippen MR) is 127 cm³/mol. The van der Waals surface area contributed by atoms with Gasteiger partial charge in [0.1, 0.15) is 17.2 Å². The minimum absolute atomic E-state index is 0.112. The van der Waals surface area contributed by atoms with Crippen molar-refractivity contribution in [3.8, 4) is 17.2 Å². The first-order chi connectivity index (χ1) is 15.9. The molecule has 172 valence electrons. The molecule has 2 amide bonds. The van der Waals surface area contributed by atoms with E-state index in [9.17, 15) is 9.59 Å². The third-order valence-electron chi connectivity index (χ3n) is 5.53. The second-order valence-electron chi connectivity index (χ2n) is 7.65. The van der Waals surface area contributed by atoms with E-state index in [1.54, 1.807) is 25.3 Å². The number of nitrogens with one attached hydrogen (secondary N) is 2. The summed E-state index contributed by atoms with van der Waals surface area (Å²) >= 11 is 1.40. The van der Waals surface area contributed by atoms with Crippen molar-refractivity contribution >= 4 is 34.0 Å². The number of aromatic nitrogens is 1. The van der Waals surface area contributed by atoms with E-state index in [1.165, 1.54) is 25.6 Å². The number of nitrogens with zero attached hydrogens (tertiary/aromatic N) is 1. The summed E-state index contributed by atoms with van der Waals surface area (Å²) < 4.78 is 15.7. The van der Waals surface area contributed by atoms with Crippen molar-refractivity contribution in [3.05, 3.63) is 58.1 Å². The van der Waals surface area contributed by atoms with E-state index in [1.807, 2.05) is 25.1 Å². The van der Waals surface area contributed by atoms with Gasteiger partial charge in [0.15, 0.2) is 5.13 Å². The molecule has 1 heterocycles. The number of methoxy groups -OCH3 is 3. The van der Waals surface area contributed by atoms with Crippen molar-refractivity contribution in [2.45, 2.75) is 25.7 Å². The van der Waals surface area contributed by atoms with Crippen molar-refractivity contribution in [1.82, 2.24) is 4.98 Å². The first-order valence-corrected chi connectivity index (χ1v) is 11.2. The lowest BCUT2D eigenvalue weighted by molar-refractivity contribution is -0.117. The standard InChI is InChI=1S/C24H25N3O5S/c1-13-9-15(5-7-19(13)32-4)25-23(29)18-6-8-20-21(18)26-24(33-20)27-22(28)14-10-16(30-2)12-17(11-14)31-3/h5,7,9-12,18H,6,8H2,1-4H3,(H,25,29)(H,26,27,28). The van der Waals surface area contributed by atoms with Gasteiger partial charge in [-0.3, -0.25) is 14.9 Å². The van der Waals surface area contributed by atoms with Crippen LogP contribution in [0.3, 0.4) is 0 Å². The molecule has 0 aliphatic heterocycles. The Kier molecular flexibility index (Phi) is 6.50. The van der Waals surface area contributed by atoms with Crippen molar-refractivity contribution in [3.63, 3.8) is 0 Å². The normalized spacial score (nSPS) is 14.4. The van der Waals surface area contributed by atoms with Gasteiger partial charge in [-0.15, -0.1) is 11.3 Å². The summed E-state index contributed by atoms with van der Waals surface area (Å²) in [6.07, 6.45) is 1.44. The number of carbonyl (C=O) groups excluding carboxylic acids is 2. The highest BCUT2D eigenvalue weighted by atomic mass is 32.1. The van der Waals surface area contributed by atoms with Crippen LogP contribution in [-0.2, 0) is 11.2 Å². The zero-order chi connectivity index (χ0) is 23.5. The van der Waals surface area contributed by atoms with Crippen LogP contribution >= 0.6 is 11.3 Å². The Labute approximate surface area is 195 Å². The summed E-state index contributed by atoms with van der Waals surface area (Å²) in [5.74, 6) is 1.01. The number of anilines is 2. The van der Waals surface area contributed by atoms with Gasteiger partial charge in [-0.05, 0) is 55.7 Å². The second-order valence-corrected chi connectivity index (χ2v) is 8.73. The number of benzene rings is 2. The largest absolute Gasteiger partial charge is 0.497 e. The highest BCUT2D eigenvalue weighted by Crippen LogP contribution is 2.39. The van der Waals surface area contributed by atoms with Crippen LogP contribution in [0.25, 0.3) is 0 Å². The fraction of sp³-hybridized carbons (Fsp3) is 0.292. The lowest BCUT2D eigenvalue weighted by atomic mass is 10.1. The summed E-state index contributed by atoms with van der Waals surface area (Å²) in [5, 5.41) is 6.27. The van der Waals surface area contributed by atoms with Gasteiger partial charge in [0.25, 0.3) is 5.91 Å². The molecule has 1 atom stereocenters. The highest BCUT2D eigenvalue weighted by molar-refractivity contribution is 7.16. The molecule has 8 nitrogen and oxygen atoms in total. The van der Waals surface area contributed by atoms with E-state index in [-0.39, 0.29) is 17.7 Å². The summed E-state index contributed by atoms with van der Waals surface area (Å²) in [7, 11) is 4.67. The molecule has 3 aromatic rings. The summed E-state index contributed by atoms with van der Waals surface area (Å²) in [4.78, 5) is 31.3. The number of rotatable bonds is 7. The lowest BCUT2D eigenvalue weighted by Gasteiger charge is -2.12. The number of fused-ring (bicyclic) bond motifs is 1. The lowest BCUT2D eigenvalue weighted by Crippen LogP contribution is -2.20. The molecular formula is C24H25N3O5S. The van der Waals surface area contributed by atoms with Crippen LogP contribution in [-0.4, -0.2) is 38.1 Å². The predicted octanol–water partition coefficient (Wildman–Crippen LogP) is 4.40. The van der Waals surface area contributed by atoms with Gasteiger partial charge >= 0.3 is 0 Å². The van der Waals surface area contributed by atoms with E-state index in [2.05, 4.69) is 15.6 Å². The van der Waals surface area contributed by atoms with Crippen molar-refractivity contribution in [2.75, 3.05) is 32.0 Å². The number of carbonyl (C=O) groups is 2. The van der Waals surface area contributed by atoms with Gasteiger partial charge in [-0.25, -0.2) is 4.98 Å². The minimum Gasteiger partial charge on any atom is -0.497 e. The van der Waals surface area contributed by atoms with Crippen LogP contribution in [0.4, 0.5) is 10.8 Å². The van der Waals surface area contributed by atoms with Crippen LogP contribution in [0.15, 0.2) is 36.4 Å². The molecule has 9 heteroatoms. The minimum atomic E-state index is -0.360. The number of hydrogen-bond acceptors (Lipinski definition) is 7. The Morgan fingerprint density at radius 3 is 2.36 bits per heavy atom. The molecule has 0 spiro atoms. The average Bonchev–Trinajstić information content (AvgIpc) is 3.38. The summed E-state index contributed by atoms with van der Waals surface area (Å²) in [6.45, 7) is 1.93. The van der Waals surface area contributed by atoms with E-state index >= 15 is 0 Å². The molecule has 33 heavy (non-hydrogen) atoms. The maximum atomic E-state index is 12.9. The SMILES string of the molecule is COc1cc(OC)cc(C(=O)Nc2nc3c(s2)CCC3C(=O)Nc2ccc(OC)c(C)c2)c1. The monoisotopic (exact) mass is 467 g/mol. The Morgan fingerprint density at radius 1 is 1.00 bits per heavy atom.